The molecule has 4 heteroatoms. The molecular weight excluding hydrogens is 216 g/mol. The van der Waals surface area contributed by atoms with E-state index >= 15 is 0 Å². The number of terminal acetylenes is 1. The number of ether oxygens (including phenoxy) is 1. The van der Waals surface area contributed by atoms with Crippen LogP contribution in [0, 0.1) is 12.3 Å². The van der Waals surface area contributed by atoms with Gasteiger partial charge in [0.15, 0.2) is 0 Å². The summed E-state index contributed by atoms with van der Waals surface area (Å²) in [6.07, 6.45) is 7.67. The van der Waals surface area contributed by atoms with Crippen molar-refractivity contribution in [2.75, 3.05) is 20.3 Å². The van der Waals surface area contributed by atoms with E-state index in [1.807, 2.05) is 6.92 Å². The van der Waals surface area contributed by atoms with Gasteiger partial charge >= 0.3 is 0 Å². The fourth-order valence-electron chi connectivity index (χ4n) is 1.47. The molecule has 0 saturated heterocycles. The number of hydrogen-bond acceptors (Lipinski definition) is 3. The van der Waals surface area contributed by atoms with E-state index in [1.165, 1.54) is 0 Å². The summed E-state index contributed by atoms with van der Waals surface area (Å²) in [5.74, 6) is 2.62. The first kappa shape index (κ1) is 16.0. The van der Waals surface area contributed by atoms with Crippen molar-refractivity contribution >= 4 is 5.91 Å². The zero-order valence-electron chi connectivity index (χ0n) is 11.1. The predicted octanol–water partition coefficient (Wildman–Crippen LogP) is 0.919. The minimum absolute atomic E-state index is 0.0107. The third kappa shape index (κ3) is 7.78. The Hall–Kier alpha value is -1.05. The van der Waals surface area contributed by atoms with Crippen molar-refractivity contribution in [2.45, 2.75) is 45.2 Å². The molecule has 17 heavy (non-hydrogen) atoms. The van der Waals surface area contributed by atoms with Gasteiger partial charge in [-0.05, 0) is 19.8 Å². The Bertz CT molecular complexity index is 248. The smallest absolute Gasteiger partial charge is 0.236 e. The van der Waals surface area contributed by atoms with E-state index < -0.39 is 0 Å². The van der Waals surface area contributed by atoms with E-state index in [-0.39, 0.29) is 18.0 Å². The van der Waals surface area contributed by atoms with Gasteiger partial charge in [-0.2, -0.15) is 0 Å². The van der Waals surface area contributed by atoms with Gasteiger partial charge in [0.2, 0.25) is 5.91 Å². The molecule has 0 aliphatic carbocycles. The van der Waals surface area contributed by atoms with Gasteiger partial charge in [0, 0.05) is 32.7 Å². The minimum atomic E-state index is -0.212. The molecule has 0 aromatic carbocycles. The highest BCUT2D eigenvalue weighted by Gasteiger charge is 2.15. The first-order chi connectivity index (χ1) is 8.15. The molecule has 0 rings (SSSR count). The highest BCUT2D eigenvalue weighted by atomic mass is 16.5. The topological polar surface area (TPSA) is 50.4 Å². The first-order valence-corrected chi connectivity index (χ1v) is 6.11. The van der Waals surface area contributed by atoms with Crippen molar-refractivity contribution in [3.8, 4) is 12.3 Å². The van der Waals surface area contributed by atoms with E-state index in [0.29, 0.717) is 19.6 Å². The summed E-state index contributed by atoms with van der Waals surface area (Å²) in [7, 11) is 1.65. The third-order valence-electron chi connectivity index (χ3n) is 2.56. The summed E-state index contributed by atoms with van der Waals surface area (Å²) in [4.78, 5) is 11.7. The van der Waals surface area contributed by atoms with Crippen LogP contribution in [0.1, 0.15) is 33.1 Å². The average Bonchev–Trinajstić information content (AvgIpc) is 2.33. The maximum absolute atomic E-state index is 11.7. The van der Waals surface area contributed by atoms with E-state index in [2.05, 4.69) is 23.5 Å². The molecule has 0 fully saturated rings. The molecule has 0 bridgehead atoms. The molecule has 0 aromatic heterocycles. The van der Waals surface area contributed by atoms with Gasteiger partial charge in [-0.25, -0.2) is 0 Å². The summed E-state index contributed by atoms with van der Waals surface area (Å²) in [5, 5.41) is 6.08. The molecular formula is C13H24N2O2. The summed E-state index contributed by atoms with van der Waals surface area (Å²) in [5.41, 5.74) is 0. The highest BCUT2D eigenvalue weighted by Crippen LogP contribution is 1.98. The van der Waals surface area contributed by atoms with E-state index in [4.69, 9.17) is 11.2 Å². The lowest BCUT2D eigenvalue weighted by Gasteiger charge is -2.20. The molecule has 2 atom stereocenters. The molecule has 2 N–H and O–H groups in total. The normalized spacial score (nSPS) is 13.8. The van der Waals surface area contributed by atoms with Crippen molar-refractivity contribution in [1.82, 2.24) is 10.6 Å². The van der Waals surface area contributed by atoms with Gasteiger partial charge in [0.05, 0.1) is 6.04 Å². The Kier molecular flexibility index (Phi) is 9.50. The van der Waals surface area contributed by atoms with Crippen molar-refractivity contribution in [3.63, 3.8) is 0 Å². The van der Waals surface area contributed by atoms with E-state index in [1.54, 1.807) is 7.11 Å². The average molecular weight is 240 g/mol. The van der Waals surface area contributed by atoms with Crippen LogP contribution in [0.15, 0.2) is 0 Å². The van der Waals surface area contributed by atoms with Crippen LogP contribution in [0.4, 0.5) is 0 Å². The van der Waals surface area contributed by atoms with Crippen molar-refractivity contribution in [3.05, 3.63) is 0 Å². The van der Waals surface area contributed by atoms with Crippen LogP contribution in [0.2, 0.25) is 0 Å². The minimum Gasteiger partial charge on any atom is -0.385 e. The van der Waals surface area contributed by atoms with Crippen LogP contribution in [0.25, 0.3) is 0 Å². The maximum Gasteiger partial charge on any atom is 0.236 e. The second-order valence-corrected chi connectivity index (χ2v) is 4.04. The second kappa shape index (κ2) is 10.1. The molecule has 0 saturated carbocycles. The van der Waals surface area contributed by atoms with Crippen LogP contribution in [0.3, 0.4) is 0 Å². The number of carbonyl (C=O) groups is 1. The van der Waals surface area contributed by atoms with Crippen molar-refractivity contribution < 1.29 is 9.53 Å². The molecule has 2 unspecified atom stereocenters. The summed E-state index contributed by atoms with van der Waals surface area (Å²) in [6.45, 7) is 5.21. The Morgan fingerprint density at radius 2 is 2.24 bits per heavy atom. The van der Waals surface area contributed by atoms with Crippen molar-refractivity contribution in [1.29, 1.82) is 0 Å². The predicted molar refractivity (Wildman–Crippen MR) is 69.6 cm³/mol. The number of nitrogens with one attached hydrogen (secondary N) is 2. The summed E-state index contributed by atoms with van der Waals surface area (Å²) >= 11 is 0. The molecule has 4 nitrogen and oxygen atoms in total. The fraction of sp³-hybridized carbons (Fsp3) is 0.769. The molecule has 1 amide bonds. The Balaban J connectivity index is 3.83. The first-order valence-electron chi connectivity index (χ1n) is 6.11. The Morgan fingerprint density at radius 3 is 2.76 bits per heavy atom. The van der Waals surface area contributed by atoms with E-state index in [9.17, 15) is 4.79 Å². The number of hydrogen-bond donors (Lipinski definition) is 2. The van der Waals surface area contributed by atoms with Gasteiger partial charge in [-0.3, -0.25) is 4.79 Å². The van der Waals surface area contributed by atoms with Crippen LogP contribution < -0.4 is 10.6 Å². The Labute approximate surface area is 104 Å². The fourth-order valence-corrected chi connectivity index (χ4v) is 1.47. The van der Waals surface area contributed by atoms with Gasteiger partial charge in [-0.1, -0.05) is 6.92 Å². The lowest BCUT2D eigenvalue weighted by molar-refractivity contribution is -0.123. The molecule has 0 aliphatic rings. The molecule has 0 aromatic rings. The number of rotatable bonds is 9. The van der Waals surface area contributed by atoms with Gasteiger partial charge < -0.3 is 15.4 Å². The van der Waals surface area contributed by atoms with Crippen molar-refractivity contribution in [2.24, 2.45) is 0 Å². The number of amides is 1. The summed E-state index contributed by atoms with van der Waals surface area (Å²) < 4.78 is 4.91. The maximum atomic E-state index is 11.7. The van der Waals surface area contributed by atoms with Gasteiger partial charge in [0.25, 0.3) is 0 Å². The second-order valence-electron chi connectivity index (χ2n) is 4.04. The van der Waals surface area contributed by atoms with Crippen LogP contribution in [0.5, 0.6) is 0 Å². The lowest BCUT2D eigenvalue weighted by Crippen LogP contribution is -2.46. The van der Waals surface area contributed by atoms with E-state index in [0.717, 1.165) is 12.8 Å². The number of carbonyl (C=O) groups excluding carboxylic acids is 1. The van der Waals surface area contributed by atoms with Crippen LogP contribution >= 0.6 is 0 Å². The van der Waals surface area contributed by atoms with Gasteiger partial charge in [-0.15, -0.1) is 12.3 Å². The van der Waals surface area contributed by atoms with Crippen LogP contribution in [-0.2, 0) is 9.53 Å². The van der Waals surface area contributed by atoms with Gasteiger partial charge in [0.1, 0.15) is 0 Å². The zero-order valence-corrected chi connectivity index (χ0v) is 11.1. The third-order valence-corrected chi connectivity index (χ3v) is 2.56. The zero-order chi connectivity index (χ0) is 13.1. The largest absolute Gasteiger partial charge is 0.385 e. The molecule has 0 aliphatic heterocycles. The lowest BCUT2D eigenvalue weighted by atomic mass is 10.1. The number of methoxy groups -OCH3 is 1. The molecule has 98 valence electrons. The summed E-state index contributed by atoms with van der Waals surface area (Å²) in [6, 6.07) is -0.00410. The van der Waals surface area contributed by atoms with Crippen LogP contribution in [-0.4, -0.2) is 38.3 Å². The SMILES string of the molecule is C#CCC(CC)NC(C)C(=O)NCCCOC. The molecule has 0 radical (unpaired) electrons. The monoisotopic (exact) mass is 240 g/mol. The quantitative estimate of drug-likeness (QED) is 0.465. The standard InChI is InChI=1S/C13H24N2O2/c1-5-8-12(6-2)15-11(3)13(16)14-9-7-10-17-4/h1,11-12,15H,6-10H2,2-4H3,(H,14,16). The Morgan fingerprint density at radius 1 is 1.53 bits per heavy atom. The molecule has 0 spiro atoms. The molecule has 0 heterocycles. The highest BCUT2D eigenvalue weighted by molar-refractivity contribution is 5.81.